The van der Waals surface area contributed by atoms with Crippen LogP contribution in [0, 0.1) is 0 Å². The highest BCUT2D eigenvalue weighted by Gasteiger charge is 2.06. The van der Waals surface area contributed by atoms with Gasteiger partial charge in [0.2, 0.25) is 0 Å². The lowest BCUT2D eigenvalue weighted by Crippen LogP contribution is -2.26. The van der Waals surface area contributed by atoms with Crippen molar-refractivity contribution in [3.63, 3.8) is 0 Å². The first-order chi connectivity index (χ1) is 9.71. The molecule has 1 aromatic carbocycles. The largest absolute Gasteiger partial charge is 0.383 e. The molecule has 0 aliphatic carbocycles. The normalized spacial score (nSPS) is 12.8. The van der Waals surface area contributed by atoms with Gasteiger partial charge in [0.05, 0.1) is 6.61 Å². The van der Waals surface area contributed by atoms with Gasteiger partial charge < -0.3 is 10.1 Å². The van der Waals surface area contributed by atoms with Gasteiger partial charge in [0, 0.05) is 26.7 Å². The van der Waals surface area contributed by atoms with E-state index in [0.29, 0.717) is 5.92 Å². The third kappa shape index (κ3) is 6.04. The van der Waals surface area contributed by atoms with Crippen molar-refractivity contribution >= 4 is 0 Å². The first-order valence-electron chi connectivity index (χ1n) is 7.72. The molecule has 0 aliphatic heterocycles. The summed E-state index contributed by atoms with van der Waals surface area (Å²) in [6.07, 6.45) is 0. The Morgan fingerprint density at radius 3 is 2.45 bits per heavy atom. The highest BCUT2D eigenvalue weighted by molar-refractivity contribution is 5.25. The lowest BCUT2D eigenvalue weighted by molar-refractivity contribution is 0.147. The topological polar surface area (TPSA) is 24.5 Å². The van der Waals surface area contributed by atoms with Crippen LogP contribution in [0.2, 0.25) is 0 Å². The fraction of sp³-hybridized carbons (Fsp3) is 0.647. The van der Waals surface area contributed by atoms with E-state index in [1.807, 2.05) is 0 Å². The minimum absolute atomic E-state index is 0.569. The summed E-state index contributed by atoms with van der Waals surface area (Å²) in [4.78, 5) is 2.40. The van der Waals surface area contributed by atoms with E-state index in [4.69, 9.17) is 4.74 Å². The Hall–Kier alpha value is -0.900. The average molecular weight is 278 g/mol. The number of ether oxygens (including phenoxy) is 1. The number of benzene rings is 1. The molecule has 0 aromatic heterocycles. The fourth-order valence-corrected chi connectivity index (χ4v) is 2.26. The smallest absolute Gasteiger partial charge is 0.0589 e. The van der Waals surface area contributed by atoms with Crippen molar-refractivity contribution in [2.45, 2.75) is 33.2 Å². The lowest BCUT2D eigenvalue weighted by atomic mass is 9.99. The van der Waals surface area contributed by atoms with Gasteiger partial charge in [-0.15, -0.1) is 0 Å². The van der Waals surface area contributed by atoms with Crippen molar-refractivity contribution in [1.82, 2.24) is 10.2 Å². The minimum Gasteiger partial charge on any atom is -0.383 e. The highest BCUT2D eigenvalue weighted by Crippen LogP contribution is 2.16. The number of nitrogens with zero attached hydrogens (tertiary/aromatic N) is 1. The van der Waals surface area contributed by atoms with Crippen LogP contribution >= 0.6 is 0 Å². The second-order valence-corrected chi connectivity index (χ2v) is 5.31. The van der Waals surface area contributed by atoms with E-state index in [2.05, 4.69) is 55.3 Å². The summed E-state index contributed by atoms with van der Waals surface area (Å²) in [5.41, 5.74) is 2.79. The van der Waals surface area contributed by atoms with Gasteiger partial charge in [-0.1, -0.05) is 45.0 Å². The zero-order valence-electron chi connectivity index (χ0n) is 13.5. The molecule has 1 N–H and O–H groups in total. The van der Waals surface area contributed by atoms with Crippen LogP contribution in [0.5, 0.6) is 0 Å². The van der Waals surface area contributed by atoms with Crippen LogP contribution in [0.25, 0.3) is 0 Å². The van der Waals surface area contributed by atoms with Gasteiger partial charge in [-0.3, -0.25) is 4.90 Å². The van der Waals surface area contributed by atoms with E-state index in [1.54, 1.807) is 7.11 Å². The molecule has 1 unspecified atom stereocenters. The van der Waals surface area contributed by atoms with E-state index in [-0.39, 0.29) is 0 Å². The van der Waals surface area contributed by atoms with Gasteiger partial charge in [0.15, 0.2) is 0 Å². The molecule has 3 heteroatoms. The molecule has 0 amide bonds. The second-order valence-electron chi connectivity index (χ2n) is 5.31. The van der Waals surface area contributed by atoms with Gasteiger partial charge in [-0.25, -0.2) is 0 Å². The van der Waals surface area contributed by atoms with Crippen molar-refractivity contribution in [2.24, 2.45) is 0 Å². The predicted molar refractivity (Wildman–Crippen MR) is 86.2 cm³/mol. The number of nitrogens with one attached hydrogen (secondary N) is 1. The van der Waals surface area contributed by atoms with Crippen molar-refractivity contribution in [1.29, 1.82) is 0 Å². The van der Waals surface area contributed by atoms with E-state index in [0.717, 1.165) is 39.3 Å². The van der Waals surface area contributed by atoms with E-state index >= 15 is 0 Å². The summed E-state index contributed by atoms with van der Waals surface area (Å²) in [7, 11) is 1.76. The molecule has 0 fully saturated rings. The molecule has 0 saturated carbocycles. The molecule has 1 aromatic rings. The Labute approximate surface area is 124 Å². The van der Waals surface area contributed by atoms with Gasteiger partial charge in [0.1, 0.15) is 0 Å². The molecular weight excluding hydrogens is 248 g/mol. The summed E-state index contributed by atoms with van der Waals surface area (Å²) in [5, 5.41) is 3.40. The zero-order chi connectivity index (χ0) is 14.8. The Morgan fingerprint density at radius 1 is 1.20 bits per heavy atom. The van der Waals surface area contributed by atoms with Gasteiger partial charge in [-0.2, -0.15) is 0 Å². The monoisotopic (exact) mass is 278 g/mol. The Kier molecular flexibility index (Phi) is 8.51. The molecule has 3 nitrogen and oxygen atoms in total. The molecular formula is C17H30N2O. The summed E-state index contributed by atoms with van der Waals surface area (Å²) < 4.78 is 5.15. The molecule has 1 rings (SSSR count). The fourth-order valence-electron chi connectivity index (χ4n) is 2.26. The number of methoxy groups -OCH3 is 1. The van der Waals surface area contributed by atoms with Crippen LogP contribution in [0.1, 0.15) is 37.8 Å². The van der Waals surface area contributed by atoms with Crippen LogP contribution in [0.3, 0.4) is 0 Å². The molecule has 0 saturated heterocycles. The SMILES string of the molecule is CCNCC(C)c1ccc(CN(CC)CCOC)cc1. The lowest BCUT2D eigenvalue weighted by Gasteiger charge is -2.20. The van der Waals surface area contributed by atoms with Crippen molar-refractivity contribution in [2.75, 3.05) is 39.9 Å². The maximum Gasteiger partial charge on any atom is 0.0589 e. The number of likely N-dealkylation sites (N-methyl/N-ethyl adjacent to an activating group) is 2. The van der Waals surface area contributed by atoms with E-state index in [9.17, 15) is 0 Å². The van der Waals surface area contributed by atoms with Gasteiger partial charge in [0.25, 0.3) is 0 Å². The quantitative estimate of drug-likeness (QED) is 0.712. The molecule has 20 heavy (non-hydrogen) atoms. The third-order valence-electron chi connectivity index (χ3n) is 3.71. The number of hydrogen-bond acceptors (Lipinski definition) is 3. The molecule has 1 atom stereocenters. The highest BCUT2D eigenvalue weighted by atomic mass is 16.5. The second kappa shape index (κ2) is 9.92. The first-order valence-corrected chi connectivity index (χ1v) is 7.72. The minimum atomic E-state index is 0.569. The van der Waals surface area contributed by atoms with E-state index < -0.39 is 0 Å². The molecule has 0 heterocycles. The molecule has 0 aliphatic rings. The summed E-state index contributed by atoms with van der Waals surface area (Å²) in [6.45, 7) is 12.5. The standard InChI is InChI=1S/C17H30N2O/c1-5-18-13-15(3)17-9-7-16(8-10-17)14-19(6-2)11-12-20-4/h7-10,15,18H,5-6,11-14H2,1-4H3. The van der Waals surface area contributed by atoms with E-state index in [1.165, 1.54) is 11.1 Å². The van der Waals surface area contributed by atoms with Crippen LogP contribution in [-0.4, -0.2) is 44.8 Å². The van der Waals surface area contributed by atoms with Crippen LogP contribution in [0.15, 0.2) is 24.3 Å². The van der Waals surface area contributed by atoms with Crippen molar-refractivity contribution in [3.05, 3.63) is 35.4 Å². The maximum atomic E-state index is 5.15. The third-order valence-corrected chi connectivity index (χ3v) is 3.71. The van der Waals surface area contributed by atoms with Crippen molar-refractivity contribution < 1.29 is 4.74 Å². The van der Waals surface area contributed by atoms with Crippen LogP contribution in [0.4, 0.5) is 0 Å². The Bertz CT molecular complexity index is 351. The Morgan fingerprint density at radius 2 is 1.90 bits per heavy atom. The molecule has 114 valence electrons. The summed E-state index contributed by atoms with van der Waals surface area (Å²) >= 11 is 0. The number of hydrogen-bond donors (Lipinski definition) is 1. The molecule has 0 spiro atoms. The van der Waals surface area contributed by atoms with Crippen LogP contribution < -0.4 is 5.32 Å². The molecule has 0 bridgehead atoms. The van der Waals surface area contributed by atoms with Gasteiger partial charge in [-0.05, 0) is 30.1 Å². The first kappa shape index (κ1) is 17.2. The average Bonchev–Trinajstić information content (AvgIpc) is 2.49. The molecule has 0 radical (unpaired) electrons. The van der Waals surface area contributed by atoms with Crippen LogP contribution in [-0.2, 0) is 11.3 Å². The zero-order valence-corrected chi connectivity index (χ0v) is 13.5. The summed E-state index contributed by atoms with van der Waals surface area (Å²) in [6, 6.07) is 9.05. The predicted octanol–water partition coefficient (Wildman–Crippen LogP) is 2.87. The summed E-state index contributed by atoms with van der Waals surface area (Å²) in [5.74, 6) is 0.569. The number of rotatable bonds is 10. The van der Waals surface area contributed by atoms with Gasteiger partial charge >= 0.3 is 0 Å². The Balaban J connectivity index is 2.52. The van der Waals surface area contributed by atoms with Crippen molar-refractivity contribution in [3.8, 4) is 0 Å². The maximum absolute atomic E-state index is 5.15.